The number of anilines is 1. The number of ether oxygens (including phenoxy) is 1. The van der Waals surface area contributed by atoms with E-state index in [1.807, 2.05) is 6.20 Å². The molecule has 28 heavy (non-hydrogen) atoms. The highest BCUT2D eigenvalue weighted by molar-refractivity contribution is 14.0. The van der Waals surface area contributed by atoms with Gasteiger partial charge in [-0.05, 0) is 37.1 Å². The van der Waals surface area contributed by atoms with Crippen LogP contribution in [0.25, 0.3) is 0 Å². The summed E-state index contributed by atoms with van der Waals surface area (Å²) in [5.74, 6) is 2.47. The number of nitrogens with one attached hydrogen (secondary N) is 2. The van der Waals surface area contributed by atoms with Crippen molar-refractivity contribution in [2.45, 2.75) is 26.8 Å². The fourth-order valence-corrected chi connectivity index (χ4v) is 2.89. The number of likely N-dealkylation sites (N-methyl/N-ethyl adjacent to an activating group) is 1. The Hall–Kier alpha value is -1.13. The Morgan fingerprint density at radius 2 is 2.00 bits per heavy atom. The lowest BCUT2D eigenvalue weighted by Gasteiger charge is -2.33. The lowest BCUT2D eigenvalue weighted by Crippen LogP contribution is -2.44. The lowest BCUT2D eigenvalue weighted by atomic mass is 10.2. The molecule has 0 aliphatic carbocycles. The molecular formula is C20H37IN6O. The van der Waals surface area contributed by atoms with Crippen LogP contribution < -0.4 is 15.5 Å². The van der Waals surface area contributed by atoms with Crippen LogP contribution in [0.2, 0.25) is 0 Å². The maximum Gasteiger partial charge on any atom is 0.191 e. The van der Waals surface area contributed by atoms with Gasteiger partial charge in [0.25, 0.3) is 0 Å². The maximum atomic E-state index is 5.60. The molecule has 0 aromatic carbocycles. The number of hydrogen-bond acceptors (Lipinski definition) is 5. The molecule has 1 saturated heterocycles. The van der Waals surface area contributed by atoms with E-state index >= 15 is 0 Å². The Labute approximate surface area is 187 Å². The SMILES string of the molecule is CN=C(NCCCOCC(C)C)NCc1ccnc(N2CCN(C)CC2)c1.I. The molecule has 0 spiro atoms. The second kappa shape index (κ2) is 13.9. The molecule has 1 aromatic heterocycles. The molecule has 1 fully saturated rings. The van der Waals surface area contributed by atoms with Crippen molar-refractivity contribution in [3.05, 3.63) is 23.9 Å². The molecule has 1 aliphatic rings. The molecule has 2 N–H and O–H groups in total. The fourth-order valence-electron chi connectivity index (χ4n) is 2.89. The number of pyridine rings is 1. The third-order valence-corrected chi connectivity index (χ3v) is 4.53. The van der Waals surface area contributed by atoms with Crippen LogP contribution in [0.5, 0.6) is 0 Å². The third-order valence-electron chi connectivity index (χ3n) is 4.53. The molecule has 0 radical (unpaired) electrons. The van der Waals surface area contributed by atoms with E-state index in [0.29, 0.717) is 5.92 Å². The molecule has 8 heteroatoms. The summed E-state index contributed by atoms with van der Waals surface area (Å²) in [6, 6.07) is 4.23. The molecule has 2 rings (SSSR count). The van der Waals surface area contributed by atoms with E-state index in [1.165, 1.54) is 5.56 Å². The molecule has 0 amide bonds. The summed E-state index contributed by atoms with van der Waals surface area (Å²) in [7, 11) is 3.97. The number of halogens is 1. The molecule has 2 heterocycles. The second-order valence-electron chi connectivity index (χ2n) is 7.49. The van der Waals surface area contributed by atoms with Gasteiger partial charge in [0, 0.05) is 65.7 Å². The van der Waals surface area contributed by atoms with Gasteiger partial charge in [0.15, 0.2) is 5.96 Å². The van der Waals surface area contributed by atoms with Crippen LogP contribution in [0.4, 0.5) is 5.82 Å². The minimum Gasteiger partial charge on any atom is -0.381 e. The van der Waals surface area contributed by atoms with Crippen molar-refractivity contribution in [2.24, 2.45) is 10.9 Å². The Morgan fingerprint density at radius 1 is 1.25 bits per heavy atom. The van der Waals surface area contributed by atoms with Gasteiger partial charge in [-0.15, -0.1) is 24.0 Å². The average molecular weight is 504 g/mol. The zero-order valence-electron chi connectivity index (χ0n) is 17.8. The highest BCUT2D eigenvalue weighted by Gasteiger charge is 2.15. The van der Waals surface area contributed by atoms with E-state index in [-0.39, 0.29) is 24.0 Å². The number of guanidine groups is 1. The lowest BCUT2D eigenvalue weighted by molar-refractivity contribution is 0.108. The molecule has 0 unspecified atom stereocenters. The van der Waals surface area contributed by atoms with Crippen LogP contribution in [-0.4, -0.2) is 75.9 Å². The summed E-state index contributed by atoms with van der Waals surface area (Å²) in [5, 5.41) is 6.71. The minimum absolute atomic E-state index is 0. The van der Waals surface area contributed by atoms with Crippen molar-refractivity contribution < 1.29 is 4.74 Å². The predicted molar refractivity (Wildman–Crippen MR) is 128 cm³/mol. The van der Waals surface area contributed by atoms with Gasteiger partial charge in [-0.3, -0.25) is 4.99 Å². The molecule has 7 nitrogen and oxygen atoms in total. The maximum absolute atomic E-state index is 5.60. The number of hydrogen-bond donors (Lipinski definition) is 2. The monoisotopic (exact) mass is 504 g/mol. The standard InChI is InChI=1S/C20H36N6O.HI/c1-17(2)16-27-13-5-7-23-20(21-3)24-15-18-6-8-22-19(14-18)26-11-9-25(4)10-12-26;/h6,8,14,17H,5,7,9-13,15-16H2,1-4H3,(H2,21,23,24);1H. The Bertz CT molecular complexity index is 576. The number of aliphatic imine (C=N–C) groups is 1. The molecular weight excluding hydrogens is 467 g/mol. The summed E-state index contributed by atoms with van der Waals surface area (Å²) < 4.78 is 5.60. The topological polar surface area (TPSA) is 65.0 Å². The average Bonchev–Trinajstić information content (AvgIpc) is 2.67. The highest BCUT2D eigenvalue weighted by atomic mass is 127. The summed E-state index contributed by atoms with van der Waals surface area (Å²) in [6.45, 7) is 11.7. The Morgan fingerprint density at radius 3 is 2.68 bits per heavy atom. The first-order valence-electron chi connectivity index (χ1n) is 9.99. The van der Waals surface area contributed by atoms with Crippen molar-refractivity contribution in [1.82, 2.24) is 20.5 Å². The van der Waals surface area contributed by atoms with Crippen LogP contribution >= 0.6 is 24.0 Å². The Balaban J connectivity index is 0.00000392. The quantitative estimate of drug-likeness (QED) is 0.233. The summed E-state index contributed by atoms with van der Waals surface area (Å²) in [4.78, 5) is 13.5. The highest BCUT2D eigenvalue weighted by Crippen LogP contribution is 2.14. The van der Waals surface area contributed by atoms with Gasteiger partial charge in [-0.25, -0.2) is 4.98 Å². The van der Waals surface area contributed by atoms with Crippen LogP contribution in [0.1, 0.15) is 25.8 Å². The largest absolute Gasteiger partial charge is 0.381 e. The van der Waals surface area contributed by atoms with E-state index in [2.05, 4.69) is 63.4 Å². The minimum atomic E-state index is 0. The summed E-state index contributed by atoms with van der Waals surface area (Å²) in [5.41, 5.74) is 1.21. The van der Waals surface area contributed by atoms with Gasteiger partial charge >= 0.3 is 0 Å². The van der Waals surface area contributed by atoms with Crippen molar-refractivity contribution in [1.29, 1.82) is 0 Å². The molecule has 1 aromatic rings. The van der Waals surface area contributed by atoms with Crippen molar-refractivity contribution in [3.63, 3.8) is 0 Å². The zero-order chi connectivity index (χ0) is 19.5. The smallest absolute Gasteiger partial charge is 0.191 e. The second-order valence-corrected chi connectivity index (χ2v) is 7.49. The first-order chi connectivity index (χ1) is 13.1. The van der Waals surface area contributed by atoms with Crippen LogP contribution in [0.3, 0.4) is 0 Å². The fraction of sp³-hybridized carbons (Fsp3) is 0.700. The summed E-state index contributed by atoms with van der Waals surface area (Å²) in [6.07, 6.45) is 2.86. The number of piperazine rings is 1. The van der Waals surface area contributed by atoms with Crippen LogP contribution in [0, 0.1) is 5.92 Å². The third kappa shape index (κ3) is 9.38. The van der Waals surface area contributed by atoms with Gasteiger partial charge < -0.3 is 25.2 Å². The Kier molecular flexibility index (Phi) is 12.4. The van der Waals surface area contributed by atoms with E-state index in [4.69, 9.17) is 4.74 Å². The van der Waals surface area contributed by atoms with E-state index in [9.17, 15) is 0 Å². The van der Waals surface area contributed by atoms with Gasteiger partial charge in [0.05, 0.1) is 0 Å². The first-order valence-corrected chi connectivity index (χ1v) is 9.99. The molecule has 0 bridgehead atoms. The van der Waals surface area contributed by atoms with Gasteiger partial charge in [0.2, 0.25) is 0 Å². The molecule has 0 atom stereocenters. The van der Waals surface area contributed by atoms with Crippen molar-refractivity contribution >= 4 is 35.8 Å². The normalized spacial score (nSPS) is 15.5. The van der Waals surface area contributed by atoms with Gasteiger partial charge in [0.1, 0.15) is 5.82 Å². The van der Waals surface area contributed by atoms with E-state index in [0.717, 1.165) is 70.7 Å². The van der Waals surface area contributed by atoms with Gasteiger partial charge in [-0.2, -0.15) is 0 Å². The van der Waals surface area contributed by atoms with Crippen LogP contribution in [0.15, 0.2) is 23.3 Å². The molecule has 1 aliphatic heterocycles. The molecule has 0 saturated carbocycles. The first kappa shape index (κ1) is 24.9. The van der Waals surface area contributed by atoms with E-state index < -0.39 is 0 Å². The number of nitrogens with zero attached hydrogens (tertiary/aromatic N) is 4. The van der Waals surface area contributed by atoms with Gasteiger partial charge in [-0.1, -0.05) is 13.8 Å². The van der Waals surface area contributed by atoms with Crippen molar-refractivity contribution in [3.8, 4) is 0 Å². The predicted octanol–water partition coefficient (Wildman–Crippen LogP) is 2.18. The van der Waals surface area contributed by atoms with Crippen LogP contribution in [-0.2, 0) is 11.3 Å². The summed E-state index contributed by atoms with van der Waals surface area (Å²) >= 11 is 0. The number of rotatable bonds is 9. The zero-order valence-corrected chi connectivity index (χ0v) is 20.1. The van der Waals surface area contributed by atoms with Crippen molar-refractivity contribution in [2.75, 3.05) is 64.9 Å². The van der Waals surface area contributed by atoms with E-state index in [1.54, 1.807) is 7.05 Å². The molecule has 160 valence electrons. The number of aromatic nitrogens is 1.